The van der Waals surface area contributed by atoms with Gasteiger partial charge in [-0.3, -0.25) is 4.79 Å². The third-order valence-electron chi connectivity index (χ3n) is 1.52. The van der Waals surface area contributed by atoms with Crippen molar-refractivity contribution in [3.8, 4) is 5.75 Å². The molecule has 4 heteroatoms. The fraction of sp³-hybridized carbons (Fsp3) is 0.364. The average molecular weight is 228 g/mol. The van der Waals surface area contributed by atoms with E-state index >= 15 is 0 Å². The molecule has 0 spiro atoms. The summed E-state index contributed by atoms with van der Waals surface area (Å²) >= 11 is 5.18. The monoisotopic (exact) mass is 227 g/mol. The summed E-state index contributed by atoms with van der Waals surface area (Å²) in [6.45, 7) is 5.92. The average Bonchev–Trinajstić information content (AvgIpc) is 2.05. The Bertz CT molecular complexity index is 341. The Morgan fingerprint density at radius 2 is 1.80 bits per heavy atom. The standard InChI is InChI=1S/C11H14ClNO2/c1-11(2,3)15-9-6-4-8(5-7-9)13-10(12)14/h4-7H,1-3H3,(H,13,14). The normalized spacial score (nSPS) is 10.9. The van der Waals surface area contributed by atoms with Crippen molar-refractivity contribution >= 4 is 22.7 Å². The van der Waals surface area contributed by atoms with Crippen molar-refractivity contribution in [1.82, 2.24) is 0 Å². The zero-order valence-electron chi connectivity index (χ0n) is 9.00. The SMILES string of the molecule is CC(C)(C)Oc1ccc(NC(=O)Cl)cc1. The minimum atomic E-state index is -0.598. The topological polar surface area (TPSA) is 38.3 Å². The summed E-state index contributed by atoms with van der Waals surface area (Å²) in [5, 5.41) is 1.87. The molecule has 0 aliphatic rings. The van der Waals surface area contributed by atoms with Crippen molar-refractivity contribution in [3.05, 3.63) is 24.3 Å². The molecular formula is C11H14ClNO2. The minimum Gasteiger partial charge on any atom is -0.488 e. The number of nitrogens with one attached hydrogen (secondary N) is 1. The fourth-order valence-electron chi connectivity index (χ4n) is 1.07. The second-order valence-electron chi connectivity index (χ2n) is 4.14. The van der Waals surface area contributed by atoms with E-state index in [0.29, 0.717) is 5.69 Å². The van der Waals surface area contributed by atoms with E-state index in [1.807, 2.05) is 20.8 Å². The molecule has 0 saturated heterocycles. The Morgan fingerprint density at radius 3 is 2.20 bits per heavy atom. The number of anilines is 1. The Labute approximate surface area is 94.4 Å². The highest BCUT2D eigenvalue weighted by Gasteiger charge is 2.11. The lowest BCUT2D eigenvalue weighted by atomic mass is 10.2. The van der Waals surface area contributed by atoms with E-state index in [2.05, 4.69) is 5.32 Å². The van der Waals surface area contributed by atoms with Crippen LogP contribution in [0.25, 0.3) is 0 Å². The first-order chi connectivity index (χ1) is 6.87. The molecule has 0 aliphatic carbocycles. The van der Waals surface area contributed by atoms with Gasteiger partial charge in [0.1, 0.15) is 11.4 Å². The van der Waals surface area contributed by atoms with Crippen LogP contribution in [-0.4, -0.2) is 11.0 Å². The molecule has 0 aromatic heterocycles. The number of carbonyl (C=O) groups is 1. The Kier molecular flexibility index (Phi) is 3.58. The van der Waals surface area contributed by atoms with Gasteiger partial charge in [-0.1, -0.05) is 0 Å². The molecule has 0 radical (unpaired) electrons. The maximum Gasteiger partial charge on any atom is 0.318 e. The largest absolute Gasteiger partial charge is 0.488 e. The molecule has 1 aromatic carbocycles. The number of hydrogen-bond acceptors (Lipinski definition) is 2. The molecule has 3 nitrogen and oxygen atoms in total. The van der Waals surface area contributed by atoms with Crippen molar-refractivity contribution in [1.29, 1.82) is 0 Å². The summed E-state index contributed by atoms with van der Waals surface area (Å²) in [6, 6.07) is 7.05. The van der Waals surface area contributed by atoms with E-state index in [1.54, 1.807) is 24.3 Å². The predicted octanol–water partition coefficient (Wildman–Crippen LogP) is 3.63. The van der Waals surface area contributed by atoms with Crippen LogP contribution < -0.4 is 10.1 Å². The zero-order chi connectivity index (χ0) is 11.5. The van der Waals surface area contributed by atoms with Crippen LogP contribution >= 0.6 is 11.6 Å². The van der Waals surface area contributed by atoms with Gasteiger partial charge in [-0.25, -0.2) is 0 Å². The zero-order valence-corrected chi connectivity index (χ0v) is 9.76. The number of ether oxygens (including phenoxy) is 1. The predicted molar refractivity (Wildman–Crippen MR) is 61.7 cm³/mol. The maximum atomic E-state index is 10.5. The highest BCUT2D eigenvalue weighted by atomic mass is 35.5. The fourth-order valence-corrected chi connectivity index (χ4v) is 1.18. The van der Waals surface area contributed by atoms with Gasteiger partial charge < -0.3 is 10.1 Å². The van der Waals surface area contributed by atoms with Crippen LogP contribution in [0.4, 0.5) is 10.5 Å². The minimum absolute atomic E-state index is 0.225. The van der Waals surface area contributed by atoms with Crippen molar-refractivity contribution in [2.45, 2.75) is 26.4 Å². The molecule has 15 heavy (non-hydrogen) atoms. The molecule has 0 fully saturated rings. The lowest BCUT2D eigenvalue weighted by Gasteiger charge is -2.21. The first-order valence-corrected chi connectivity index (χ1v) is 5.00. The second-order valence-corrected chi connectivity index (χ2v) is 4.48. The van der Waals surface area contributed by atoms with Gasteiger partial charge in [0.25, 0.3) is 0 Å². The summed E-state index contributed by atoms with van der Waals surface area (Å²) < 4.78 is 5.62. The van der Waals surface area contributed by atoms with Gasteiger partial charge in [-0.05, 0) is 56.6 Å². The molecule has 1 amide bonds. The Morgan fingerprint density at radius 1 is 1.27 bits per heavy atom. The van der Waals surface area contributed by atoms with E-state index < -0.39 is 5.37 Å². The van der Waals surface area contributed by atoms with Crippen LogP contribution in [0.1, 0.15) is 20.8 Å². The van der Waals surface area contributed by atoms with Crippen LogP contribution in [0, 0.1) is 0 Å². The molecule has 0 heterocycles. The number of amides is 1. The van der Waals surface area contributed by atoms with Crippen LogP contribution in [0.5, 0.6) is 5.75 Å². The van der Waals surface area contributed by atoms with Crippen LogP contribution in [-0.2, 0) is 0 Å². The molecule has 1 aromatic rings. The maximum absolute atomic E-state index is 10.5. The highest BCUT2D eigenvalue weighted by molar-refractivity contribution is 6.65. The van der Waals surface area contributed by atoms with Crippen LogP contribution in [0.3, 0.4) is 0 Å². The van der Waals surface area contributed by atoms with Crippen molar-refractivity contribution in [3.63, 3.8) is 0 Å². The third kappa shape index (κ3) is 4.70. The van der Waals surface area contributed by atoms with Crippen molar-refractivity contribution in [2.75, 3.05) is 5.32 Å². The van der Waals surface area contributed by atoms with E-state index in [0.717, 1.165) is 5.75 Å². The molecule has 0 bridgehead atoms. The van der Waals surface area contributed by atoms with E-state index in [1.165, 1.54) is 0 Å². The van der Waals surface area contributed by atoms with Crippen LogP contribution in [0.2, 0.25) is 0 Å². The van der Waals surface area contributed by atoms with Gasteiger partial charge in [-0.15, -0.1) is 0 Å². The van der Waals surface area contributed by atoms with Gasteiger partial charge in [0.2, 0.25) is 0 Å². The molecule has 0 saturated carbocycles. The Hall–Kier alpha value is -1.22. The molecule has 82 valence electrons. The molecule has 0 aliphatic heterocycles. The molecule has 0 atom stereocenters. The molecule has 0 unspecified atom stereocenters. The Balaban J connectivity index is 2.68. The summed E-state index contributed by atoms with van der Waals surface area (Å²) in [4.78, 5) is 10.5. The van der Waals surface area contributed by atoms with Gasteiger partial charge in [-0.2, -0.15) is 0 Å². The van der Waals surface area contributed by atoms with Crippen LogP contribution in [0.15, 0.2) is 24.3 Å². The smallest absolute Gasteiger partial charge is 0.318 e. The first kappa shape index (κ1) is 11.9. The van der Waals surface area contributed by atoms with E-state index in [4.69, 9.17) is 16.3 Å². The van der Waals surface area contributed by atoms with Gasteiger partial charge in [0.05, 0.1) is 0 Å². The van der Waals surface area contributed by atoms with Gasteiger partial charge in [0, 0.05) is 5.69 Å². The number of rotatable bonds is 2. The third-order valence-corrected chi connectivity index (χ3v) is 1.62. The summed E-state index contributed by atoms with van der Waals surface area (Å²) in [7, 11) is 0. The van der Waals surface area contributed by atoms with Gasteiger partial charge in [0.15, 0.2) is 0 Å². The number of carbonyl (C=O) groups excluding carboxylic acids is 1. The first-order valence-electron chi connectivity index (χ1n) is 4.62. The number of hydrogen-bond donors (Lipinski definition) is 1. The number of halogens is 1. The lowest BCUT2D eigenvalue weighted by Crippen LogP contribution is -2.22. The quantitative estimate of drug-likeness (QED) is 0.619. The van der Waals surface area contributed by atoms with Crippen molar-refractivity contribution < 1.29 is 9.53 Å². The second kappa shape index (κ2) is 4.53. The lowest BCUT2D eigenvalue weighted by molar-refractivity contribution is 0.131. The summed E-state index contributed by atoms with van der Waals surface area (Å²) in [5.74, 6) is 0.759. The van der Waals surface area contributed by atoms with E-state index in [9.17, 15) is 4.79 Å². The highest BCUT2D eigenvalue weighted by Crippen LogP contribution is 2.20. The number of benzene rings is 1. The summed E-state index contributed by atoms with van der Waals surface area (Å²) in [5.41, 5.74) is 0.424. The van der Waals surface area contributed by atoms with E-state index in [-0.39, 0.29) is 5.60 Å². The summed E-state index contributed by atoms with van der Waals surface area (Å²) in [6.07, 6.45) is 0. The molecule has 1 N–H and O–H groups in total. The van der Waals surface area contributed by atoms with Gasteiger partial charge >= 0.3 is 5.37 Å². The molecular weight excluding hydrogens is 214 g/mol. The molecule has 1 rings (SSSR count). The van der Waals surface area contributed by atoms with Crippen molar-refractivity contribution in [2.24, 2.45) is 0 Å².